The summed E-state index contributed by atoms with van der Waals surface area (Å²) in [5.41, 5.74) is 4.03. The van der Waals surface area contributed by atoms with E-state index in [2.05, 4.69) is 74.1 Å². The second-order valence-electron chi connectivity index (χ2n) is 4.34. The van der Waals surface area contributed by atoms with Crippen molar-refractivity contribution in [2.45, 2.75) is 26.8 Å². The summed E-state index contributed by atoms with van der Waals surface area (Å²) in [6, 6.07) is 13.1. The maximum atomic E-state index is 2.26. The molecule has 16 heavy (non-hydrogen) atoms. The molecule has 0 saturated carbocycles. The molecule has 0 fully saturated rings. The summed E-state index contributed by atoms with van der Waals surface area (Å²) >= 11 is 0. The van der Waals surface area contributed by atoms with Crippen LogP contribution in [0.25, 0.3) is 0 Å². The number of aryl methyl sites for hydroxylation is 2. The molecule has 1 aromatic heterocycles. The summed E-state index contributed by atoms with van der Waals surface area (Å²) in [6.45, 7) is 6.53. The second kappa shape index (κ2) is 4.48. The predicted octanol–water partition coefficient (Wildman–Crippen LogP) is 3.20. The van der Waals surface area contributed by atoms with Crippen molar-refractivity contribution in [3.05, 3.63) is 65.5 Å². The van der Waals surface area contributed by atoms with Crippen LogP contribution in [-0.2, 0) is 0 Å². The Bertz CT molecular complexity index is 474. The zero-order valence-electron chi connectivity index (χ0n) is 10.1. The highest BCUT2D eigenvalue weighted by Gasteiger charge is 2.14. The van der Waals surface area contributed by atoms with Gasteiger partial charge in [0.15, 0.2) is 18.4 Å². The van der Waals surface area contributed by atoms with Crippen molar-refractivity contribution in [2.24, 2.45) is 0 Å². The molecule has 0 amide bonds. The number of hydrogen-bond acceptors (Lipinski definition) is 0. The monoisotopic (exact) mass is 212 g/mol. The summed E-state index contributed by atoms with van der Waals surface area (Å²) in [5, 5.41) is 0. The molecule has 1 atom stereocenters. The van der Waals surface area contributed by atoms with Gasteiger partial charge in [0.2, 0.25) is 0 Å². The SMILES string of the molecule is Cc1cc[n+]([C@H](C)c2ccccc2)cc1C. The van der Waals surface area contributed by atoms with Gasteiger partial charge in [0.25, 0.3) is 0 Å². The molecule has 1 aromatic carbocycles. The number of benzene rings is 1. The minimum Gasteiger partial charge on any atom is -0.198 e. The molecule has 1 heterocycles. The molecular weight excluding hydrogens is 194 g/mol. The van der Waals surface area contributed by atoms with Gasteiger partial charge in [0, 0.05) is 24.1 Å². The Morgan fingerprint density at radius 1 is 0.938 bits per heavy atom. The van der Waals surface area contributed by atoms with Crippen molar-refractivity contribution >= 4 is 0 Å². The number of rotatable bonds is 2. The van der Waals surface area contributed by atoms with Crippen LogP contribution in [0.5, 0.6) is 0 Å². The maximum absolute atomic E-state index is 2.26. The second-order valence-corrected chi connectivity index (χ2v) is 4.34. The van der Waals surface area contributed by atoms with Crippen LogP contribution in [0, 0.1) is 13.8 Å². The Kier molecular flexibility index (Phi) is 3.04. The lowest BCUT2D eigenvalue weighted by Gasteiger charge is -2.08. The third kappa shape index (κ3) is 2.13. The fraction of sp³-hybridized carbons (Fsp3) is 0.267. The molecule has 0 aliphatic carbocycles. The van der Waals surface area contributed by atoms with E-state index in [0.29, 0.717) is 6.04 Å². The summed E-state index contributed by atoms with van der Waals surface area (Å²) in [5.74, 6) is 0. The number of pyridine rings is 1. The van der Waals surface area contributed by atoms with E-state index in [-0.39, 0.29) is 0 Å². The van der Waals surface area contributed by atoms with Crippen molar-refractivity contribution < 1.29 is 4.57 Å². The van der Waals surface area contributed by atoms with E-state index >= 15 is 0 Å². The zero-order chi connectivity index (χ0) is 11.5. The largest absolute Gasteiger partial charge is 0.198 e. The summed E-state index contributed by atoms with van der Waals surface area (Å²) in [7, 11) is 0. The van der Waals surface area contributed by atoms with Gasteiger partial charge in [-0.15, -0.1) is 0 Å². The van der Waals surface area contributed by atoms with E-state index in [9.17, 15) is 0 Å². The van der Waals surface area contributed by atoms with Crippen molar-refractivity contribution in [3.63, 3.8) is 0 Å². The first-order chi connectivity index (χ1) is 7.68. The predicted molar refractivity (Wildman–Crippen MR) is 66.4 cm³/mol. The van der Waals surface area contributed by atoms with Gasteiger partial charge < -0.3 is 0 Å². The van der Waals surface area contributed by atoms with Gasteiger partial charge in [-0.05, 0) is 19.4 Å². The van der Waals surface area contributed by atoms with Gasteiger partial charge in [-0.25, -0.2) is 0 Å². The Hall–Kier alpha value is -1.63. The molecule has 0 spiro atoms. The van der Waals surface area contributed by atoms with Crippen LogP contribution in [0.2, 0.25) is 0 Å². The maximum Gasteiger partial charge on any atom is 0.180 e. The lowest BCUT2D eigenvalue weighted by atomic mass is 10.1. The average Bonchev–Trinajstić information content (AvgIpc) is 2.33. The summed E-state index contributed by atoms with van der Waals surface area (Å²) in [6.07, 6.45) is 4.37. The molecule has 0 saturated heterocycles. The topological polar surface area (TPSA) is 3.88 Å². The van der Waals surface area contributed by atoms with Crippen LogP contribution >= 0.6 is 0 Å². The Morgan fingerprint density at radius 3 is 2.25 bits per heavy atom. The number of aromatic nitrogens is 1. The highest BCUT2D eigenvalue weighted by atomic mass is 15.0. The van der Waals surface area contributed by atoms with Gasteiger partial charge in [0.1, 0.15) is 0 Å². The summed E-state index contributed by atoms with van der Waals surface area (Å²) in [4.78, 5) is 0. The molecule has 0 N–H and O–H groups in total. The lowest BCUT2D eigenvalue weighted by Crippen LogP contribution is -2.38. The highest BCUT2D eigenvalue weighted by molar-refractivity contribution is 5.19. The van der Waals surface area contributed by atoms with Gasteiger partial charge in [-0.1, -0.05) is 30.3 Å². The molecule has 0 unspecified atom stereocenters. The van der Waals surface area contributed by atoms with Crippen molar-refractivity contribution in [1.29, 1.82) is 0 Å². The Morgan fingerprint density at radius 2 is 1.62 bits per heavy atom. The summed E-state index contributed by atoms with van der Waals surface area (Å²) < 4.78 is 2.26. The lowest BCUT2D eigenvalue weighted by molar-refractivity contribution is -0.710. The first kappa shape index (κ1) is 10.9. The standard InChI is InChI=1S/C15H18N/c1-12-9-10-16(11-13(12)2)14(3)15-7-5-4-6-8-15/h4-11,14H,1-3H3/q+1/t14-/m1/s1. The first-order valence-corrected chi connectivity index (χ1v) is 5.71. The smallest absolute Gasteiger partial charge is 0.180 e. The molecule has 0 bridgehead atoms. The van der Waals surface area contributed by atoms with E-state index in [1.165, 1.54) is 16.7 Å². The molecule has 82 valence electrons. The van der Waals surface area contributed by atoms with E-state index in [1.54, 1.807) is 0 Å². The average molecular weight is 212 g/mol. The molecule has 2 rings (SSSR count). The van der Waals surface area contributed by atoms with Crippen LogP contribution in [0.1, 0.15) is 29.7 Å². The Labute approximate surface area is 97.4 Å². The quantitative estimate of drug-likeness (QED) is 0.673. The van der Waals surface area contributed by atoms with E-state index in [1.807, 2.05) is 0 Å². The third-order valence-electron chi connectivity index (χ3n) is 3.19. The normalized spacial score (nSPS) is 12.4. The molecule has 0 aliphatic rings. The van der Waals surface area contributed by atoms with Crippen LogP contribution in [0.4, 0.5) is 0 Å². The van der Waals surface area contributed by atoms with Gasteiger partial charge in [0.05, 0.1) is 0 Å². The molecule has 1 nitrogen and oxygen atoms in total. The first-order valence-electron chi connectivity index (χ1n) is 5.71. The van der Waals surface area contributed by atoms with E-state index < -0.39 is 0 Å². The highest BCUT2D eigenvalue weighted by Crippen LogP contribution is 2.12. The third-order valence-corrected chi connectivity index (χ3v) is 3.19. The number of nitrogens with zero attached hydrogens (tertiary/aromatic N) is 1. The molecule has 0 radical (unpaired) electrons. The number of hydrogen-bond donors (Lipinski definition) is 0. The van der Waals surface area contributed by atoms with Gasteiger partial charge in [-0.3, -0.25) is 0 Å². The van der Waals surface area contributed by atoms with Crippen LogP contribution in [-0.4, -0.2) is 0 Å². The fourth-order valence-electron chi connectivity index (χ4n) is 1.84. The molecule has 2 aromatic rings. The van der Waals surface area contributed by atoms with Crippen LogP contribution in [0.3, 0.4) is 0 Å². The Balaban J connectivity index is 2.34. The zero-order valence-corrected chi connectivity index (χ0v) is 10.1. The van der Waals surface area contributed by atoms with E-state index in [4.69, 9.17) is 0 Å². The minimum absolute atomic E-state index is 0.389. The van der Waals surface area contributed by atoms with Crippen molar-refractivity contribution in [3.8, 4) is 0 Å². The minimum atomic E-state index is 0.389. The molecule has 1 heteroatoms. The van der Waals surface area contributed by atoms with Crippen molar-refractivity contribution in [2.75, 3.05) is 0 Å². The van der Waals surface area contributed by atoms with Crippen LogP contribution < -0.4 is 4.57 Å². The fourth-order valence-corrected chi connectivity index (χ4v) is 1.84. The van der Waals surface area contributed by atoms with Gasteiger partial charge in [-0.2, -0.15) is 4.57 Å². The van der Waals surface area contributed by atoms with Crippen LogP contribution in [0.15, 0.2) is 48.8 Å². The molecular formula is C15H18N+. The van der Waals surface area contributed by atoms with Gasteiger partial charge >= 0.3 is 0 Å². The molecule has 0 aliphatic heterocycles. The van der Waals surface area contributed by atoms with Crippen molar-refractivity contribution in [1.82, 2.24) is 0 Å². The van der Waals surface area contributed by atoms with E-state index in [0.717, 1.165) is 0 Å².